The van der Waals surface area contributed by atoms with E-state index in [0.29, 0.717) is 43.3 Å². The van der Waals surface area contributed by atoms with Crippen LogP contribution in [0, 0.1) is 0 Å². The number of aliphatic hydroxyl groups excluding tert-OH is 1. The van der Waals surface area contributed by atoms with Crippen LogP contribution >= 0.6 is 23.1 Å². The molecule has 11 heteroatoms. The third-order valence-corrected chi connectivity index (χ3v) is 6.54. The Morgan fingerprint density at radius 2 is 2.00 bits per heavy atom. The van der Waals surface area contributed by atoms with Gasteiger partial charge in [0.2, 0.25) is 5.13 Å². The smallest absolute Gasteiger partial charge is 0.339 e. The van der Waals surface area contributed by atoms with E-state index in [0.717, 1.165) is 0 Å². The SMILES string of the molecule is COc1ccc(C(=O)Nc2nnc(SCC(O)COc3cc(=O)oc4ccccc34)s2)cc1. The number of aromatic nitrogens is 2. The molecule has 0 radical (unpaired) electrons. The number of hydrogen-bond acceptors (Lipinski definition) is 10. The van der Waals surface area contributed by atoms with Crippen LogP contribution in [0.3, 0.4) is 0 Å². The largest absolute Gasteiger partial charge is 0.497 e. The van der Waals surface area contributed by atoms with Crippen molar-refractivity contribution < 1.29 is 23.8 Å². The van der Waals surface area contributed by atoms with Crippen molar-refractivity contribution in [3.63, 3.8) is 0 Å². The van der Waals surface area contributed by atoms with Crippen LogP contribution in [0.1, 0.15) is 10.4 Å². The number of thioether (sulfide) groups is 1. The number of benzene rings is 2. The zero-order valence-electron chi connectivity index (χ0n) is 17.4. The van der Waals surface area contributed by atoms with Gasteiger partial charge >= 0.3 is 5.63 Å². The number of hydrogen-bond donors (Lipinski definition) is 2. The lowest BCUT2D eigenvalue weighted by molar-refractivity contribution is 0.102. The van der Waals surface area contributed by atoms with Crippen molar-refractivity contribution in [2.75, 3.05) is 24.8 Å². The van der Waals surface area contributed by atoms with Gasteiger partial charge in [-0.2, -0.15) is 0 Å². The van der Waals surface area contributed by atoms with Gasteiger partial charge in [0.1, 0.15) is 23.7 Å². The van der Waals surface area contributed by atoms with E-state index in [1.807, 2.05) is 6.07 Å². The highest BCUT2D eigenvalue weighted by atomic mass is 32.2. The number of rotatable bonds is 9. The minimum Gasteiger partial charge on any atom is -0.497 e. The minimum absolute atomic E-state index is 0.0136. The first-order valence-corrected chi connectivity index (χ1v) is 11.6. The molecule has 0 spiro atoms. The highest BCUT2D eigenvalue weighted by Gasteiger charge is 2.14. The van der Waals surface area contributed by atoms with Gasteiger partial charge in [-0.15, -0.1) is 10.2 Å². The Hall–Kier alpha value is -3.41. The zero-order chi connectivity index (χ0) is 23.2. The number of aliphatic hydroxyl groups is 1. The molecular formula is C22H19N3O6S2. The predicted molar refractivity (Wildman–Crippen MR) is 126 cm³/mol. The summed E-state index contributed by atoms with van der Waals surface area (Å²) in [5.41, 5.74) is 0.364. The Morgan fingerprint density at radius 1 is 1.21 bits per heavy atom. The van der Waals surface area contributed by atoms with Crippen molar-refractivity contribution in [3.8, 4) is 11.5 Å². The lowest BCUT2D eigenvalue weighted by Crippen LogP contribution is -2.20. The first kappa shape index (κ1) is 22.8. The van der Waals surface area contributed by atoms with Gasteiger partial charge in [-0.3, -0.25) is 10.1 Å². The predicted octanol–water partition coefficient (Wildman–Crippen LogP) is 3.44. The number of fused-ring (bicyclic) bond motifs is 1. The second-order valence-corrected chi connectivity index (χ2v) is 9.00. The van der Waals surface area contributed by atoms with Crippen LogP contribution in [-0.2, 0) is 0 Å². The summed E-state index contributed by atoms with van der Waals surface area (Å²) in [6.45, 7) is -0.0136. The van der Waals surface area contributed by atoms with Gasteiger partial charge in [0, 0.05) is 11.3 Å². The van der Waals surface area contributed by atoms with E-state index in [1.54, 1.807) is 49.6 Å². The topological polar surface area (TPSA) is 124 Å². The molecular weight excluding hydrogens is 466 g/mol. The van der Waals surface area contributed by atoms with Crippen LogP contribution in [0.25, 0.3) is 11.0 Å². The second kappa shape index (κ2) is 10.5. The van der Waals surface area contributed by atoms with E-state index in [-0.39, 0.29) is 12.5 Å². The van der Waals surface area contributed by atoms with Gasteiger partial charge in [-0.25, -0.2) is 4.79 Å². The molecule has 170 valence electrons. The van der Waals surface area contributed by atoms with Crippen LogP contribution in [0.15, 0.2) is 68.1 Å². The standard InChI is InChI=1S/C22H19N3O6S2/c1-29-15-8-6-13(7-9-15)20(28)23-21-24-25-22(33-21)32-12-14(26)11-30-18-10-19(27)31-17-5-3-2-4-16(17)18/h2-10,14,26H,11-12H2,1H3,(H,23,24,28). The molecule has 33 heavy (non-hydrogen) atoms. The molecule has 2 aromatic carbocycles. The number of nitrogens with one attached hydrogen (secondary N) is 1. The molecule has 2 heterocycles. The van der Waals surface area contributed by atoms with Gasteiger partial charge < -0.3 is 19.0 Å². The molecule has 1 amide bonds. The maximum Gasteiger partial charge on any atom is 0.339 e. The number of amides is 1. The average Bonchev–Trinajstić information content (AvgIpc) is 3.28. The number of methoxy groups -OCH3 is 1. The van der Waals surface area contributed by atoms with Gasteiger partial charge in [-0.05, 0) is 36.4 Å². The molecule has 2 N–H and O–H groups in total. The van der Waals surface area contributed by atoms with Crippen LogP contribution in [0.2, 0.25) is 0 Å². The Labute approximate surface area is 196 Å². The van der Waals surface area contributed by atoms with Crippen LogP contribution in [0.4, 0.5) is 5.13 Å². The molecule has 4 aromatic rings. The Balaban J connectivity index is 1.28. The van der Waals surface area contributed by atoms with Crippen LogP contribution < -0.4 is 20.4 Å². The van der Waals surface area contributed by atoms with Crippen molar-refractivity contribution in [2.24, 2.45) is 0 Å². The fourth-order valence-corrected chi connectivity index (χ4v) is 4.51. The molecule has 1 unspecified atom stereocenters. The maximum atomic E-state index is 12.3. The van der Waals surface area contributed by atoms with Gasteiger partial charge in [0.15, 0.2) is 4.34 Å². The normalized spacial score (nSPS) is 11.8. The molecule has 0 saturated heterocycles. The number of para-hydroxylation sites is 1. The summed E-state index contributed by atoms with van der Waals surface area (Å²) in [7, 11) is 1.56. The highest BCUT2D eigenvalue weighted by molar-refractivity contribution is 8.01. The van der Waals surface area contributed by atoms with E-state index in [4.69, 9.17) is 13.9 Å². The Kier molecular flexibility index (Phi) is 7.23. The molecule has 0 saturated carbocycles. The molecule has 9 nitrogen and oxygen atoms in total. The van der Waals surface area contributed by atoms with E-state index in [9.17, 15) is 14.7 Å². The fourth-order valence-electron chi connectivity index (χ4n) is 2.83. The fraction of sp³-hybridized carbons (Fsp3) is 0.182. The van der Waals surface area contributed by atoms with Crippen molar-refractivity contribution in [3.05, 3.63) is 70.6 Å². The first-order valence-electron chi connectivity index (χ1n) is 9.77. The molecule has 1 atom stereocenters. The third kappa shape index (κ3) is 5.89. The van der Waals surface area contributed by atoms with Gasteiger partial charge in [-0.1, -0.05) is 35.2 Å². The Bertz CT molecular complexity index is 1310. The zero-order valence-corrected chi connectivity index (χ0v) is 19.0. The van der Waals surface area contributed by atoms with Crippen molar-refractivity contribution in [1.82, 2.24) is 10.2 Å². The highest BCUT2D eigenvalue weighted by Crippen LogP contribution is 2.27. The third-order valence-electron chi connectivity index (χ3n) is 4.42. The lowest BCUT2D eigenvalue weighted by atomic mass is 10.2. The number of carbonyl (C=O) groups excluding carboxylic acids is 1. The monoisotopic (exact) mass is 485 g/mol. The second-order valence-electron chi connectivity index (χ2n) is 6.76. The summed E-state index contributed by atoms with van der Waals surface area (Å²) in [6.07, 6.45) is -0.817. The molecule has 0 aliphatic heterocycles. The number of anilines is 1. The van der Waals surface area contributed by atoms with E-state index >= 15 is 0 Å². The molecule has 0 bridgehead atoms. The van der Waals surface area contributed by atoms with Crippen molar-refractivity contribution >= 4 is 45.1 Å². The van der Waals surface area contributed by atoms with Crippen LogP contribution in [-0.4, -0.2) is 46.8 Å². The van der Waals surface area contributed by atoms with Gasteiger partial charge in [0.25, 0.3) is 5.91 Å². The Morgan fingerprint density at radius 3 is 2.79 bits per heavy atom. The summed E-state index contributed by atoms with van der Waals surface area (Å²) in [5, 5.41) is 22.0. The van der Waals surface area contributed by atoms with E-state index in [1.165, 1.54) is 29.2 Å². The molecule has 4 rings (SSSR count). The van der Waals surface area contributed by atoms with Crippen molar-refractivity contribution in [2.45, 2.75) is 10.4 Å². The molecule has 0 aliphatic rings. The quantitative estimate of drug-likeness (QED) is 0.208. The lowest BCUT2D eigenvalue weighted by Gasteiger charge is -2.12. The maximum absolute atomic E-state index is 12.3. The number of nitrogens with zero attached hydrogens (tertiary/aromatic N) is 2. The summed E-state index contributed by atoms with van der Waals surface area (Å²) >= 11 is 2.49. The summed E-state index contributed by atoms with van der Waals surface area (Å²) < 4.78 is 16.5. The van der Waals surface area contributed by atoms with Crippen molar-refractivity contribution in [1.29, 1.82) is 0 Å². The summed E-state index contributed by atoms with van der Waals surface area (Å²) in [6, 6.07) is 15.0. The summed E-state index contributed by atoms with van der Waals surface area (Å²) in [4.78, 5) is 24.0. The van der Waals surface area contributed by atoms with Crippen LogP contribution in [0.5, 0.6) is 11.5 Å². The molecule has 0 aliphatic carbocycles. The van der Waals surface area contributed by atoms with E-state index in [2.05, 4.69) is 15.5 Å². The average molecular weight is 486 g/mol. The number of ether oxygens (including phenoxy) is 2. The molecule has 2 aromatic heterocycles. The van der Waals surface area contributed by atoms with Gasteiger partial charge in [0.05, 0.1) is 24.7 Å². The number of carbonyl (C=O) groups is 1. The summed E-state index contributed by atoms with van der Waals surface area (Å²) in [5.74, 6) is 0.997. The first-order chi connectivity index (χ1) is 16.0. The molecule has 0 fully saturated rings. The van der Waals surface area contributed by atoms with E-state index < -0.39 is 11.7 Å². The minimum atomic E-state index is -0.817.